The van der Waals surface area contributed by atoms with Gasteiger partial charge in [-0.2, -0.15) is 0 Å². The van der Waals surface area contributed by atoms with Crippen LogP contribution < -0.4 is 10.2 Å². The quantitative estimate of drug-likeness (QED) is 0.887. The topological polar surface area (TPSA) is 78.4 Å². The van der Waals surface area contributed by atoms with E-state index in [1.807, 2.05) is 17.0 Å². The molecule has 146 valence electrons. The van der Waals surface area contributed by atoms with Gasteiger partial charge >= 0.3 is 0 Å². The predicted molar refractivity (Wildman–Crippen MR) is 107 cm³/mol. The van der Waals surface area contributed by atoms with Crippen molar-refractivity contribution in [3.63, 3.8) is 0 Å². The lowest BCUT2D eigenvalue weighted by Crippen LogP contribution is -2.36. The first kappa shape index (κ1) is 18.4. The van der Waals surface area contributed by atoms with Crippen molar-refractivity contribution in [2.75, 3.05) is 31.6 Å². The highest BCUT2D eigenvalue weighted by molar-refractivity contribution is 5.95. The summed E-state index contributed by atoms with van der Waals surface area (Å²) in [5.74, 6) is 0.754. The Hall–Kier alpha value is -2.96. The third-order valence-corrected chi connectivity index (χ3v) is 5.44. The van der Waals surface area contributed by atoms with E-state index >= 15 is 0 Å². The van der Waals surface area contributed by atoms with Crippen LogP contribution in [0.15, 0.2) is 30.6 Å². The molecule has 1 fully saturated rings. The molecule has 2 aromatic heterocycles. The summed E-state index contributed by atoms with van der Waals surface area (Å²) in [7, 11) is 1.59. The van der Waals surface area contributed by atoms with E-state index in [1.54, 1.807) is 25.5 Å². The van der Waals surface area contributed by atoms with Gasteiger partial charge in [0.1, 0.15) is 11.5 Å². The molecule has 0 unspecified atom stereocenters. The second-order valence-corrected chi connectivity index (χ2v) is 7.30. The molecule has 28 heavy (non-hydrogen) atoms. The SMILES string of the molecule is CNC(=O)c1ccc(N2CCCc3cc(C(=O)N4CCCCC4)cnc32)cn1. The summed E-state index contributed by atoms with van der Waals surface area (Å²) in [4.78, 5) is 37.4. The van der Waals surface area contributed by atoms with E-state index in [1.165, 1.54) is 6.42 Å². The molecule has 4 heterocycles. The van der Waals surface area contributed by atoms with E-state index < -0.39 is 0 Å². The largest absolute Gasteiger partial charge is 0.354 e. The molecule has 0 spiro atoms. The summed E-state index contributed by atoms with van der Waals surface area (Å²) in [5.41, 5.74) is 3.05. The molecule has 1 saturated heterocycles. The summed E-state index contributed by atoms with van der Waals surface area (Å²) in [6.45, 7) is 2.51. The number of amides is 2. The van der Waals surface area contributed by atoms with E-state index in [4.69, 9.17) is 0 Å². The minimum Gasteiger partial charge on any atom is -0.354 e. The van der Waals surface area contributed by atoms with Crippen molar-refractivity contribution in [3.05, 3.63) is 47.4 Å². The van der Waals surface area contributed by atoms with E-state index in [-0.39, 0.29) is 11.8 Å². The van der Waals surface area contributed by atoms with Crippen molar-refractivity contribution in [2.45, 2.75) is 32.1 Å². The smallest absolute Gasteiger partial charge is 0.269 e. The number of pyridine rings is 2. The van der Waals surface area contributed by atoms with E-state index in [2.05, 4.69) is 20.2 Å². The lowest BCUT2D eigenvalue weighted by atomic mass is 10.0. The Balaban J connectivity index is 1.58. The Labute approximate surface area is 164 Å². The first-order valence-corrected chi connectivity index (χ1v) is 9.91. The Bertz CT molecular complexity index is 875. The van der Waals surface area contributed by atoms with E-state index in [0.717, 1.165) is 62.4 Å². The fourth-order valence-electron chi connectivity index (χ4n) is 3.92. The van der Waals surface area contributed by atoms with Crippen LogP contribution in [-0.4, -0.2) is 53.4 Å². The van der Waals surface area contributed by atoms with Crippen LogP contribution in [0.3, 0.4) is 0 Å². The number of carbonyl (C=O) groups excluding carboxylic acids is 2. The molecule has 0 aliphatic carbocycles. The highest BCUT2D eigenvalue weighted by Gasteiger charge is 2.24. The maximum Gasteiger partial charge on any atom is 0.269 e. The minimum atomic E-state index is -0.204. The lowest BCUT2D eigenvalue weighted by Gasteiger charge is -2.31. The minimum absolute atomic E-state index is 0.0868. The zero-order valence-corrected chi connectivity index (χ0v) is 16.1. The number of piperidine rings is 1. The van der Waals surface area contributed by atoms with Gasteiger partial charge in [-0.05, 0) is 55.9 Å². The average molecular weight is 379 g/mol. The summed E-state index contributed by atoms with van der Waals surface area (Å²) in [5, 5.41) is 2.58. The number of rotatable bonds is 3. The molecule has 1 N–H and O–H groups in total. The number of hydrogen-bond donors (Lipinski definition) is 1. The fourth-order valence-corrected chi connectivity index (χ4v) is 3.92. The van der Waals surface area contributed by atoms with Crippen molar-refractivity contribution in [1.29, 1.82) is 0 Å². The standard InChI is InChI=1S/C21H25N5O2/c1-22-20(27)18-8-7-17(14-23-18)26-11-5-6-15-12-16(13-24-19(15)26)21(28)25-9-3-2-4-10-25/h7-8,12-14H,2-6,9-11H2,1H3,(H,22,27). The maximum atomic E-state index is 12.8. The van der Waals surface area contributed by atoms with Gasteiger partial charge in [0.05, 0.1) is 17.4 Å². The highest BCUT2D eigenvalue weighted by atomic mass is 16.2. The van der Waals surface area contributed by atoms with E-state index in [0.29, 0.717) is 11.3 Å². The number of likely N-dealkylation sites (tertiary alicyclic amines) is 1. The summed E-state index contributed by atoms with van der Waals surface area (Å²) in [6, 6.07) is 5.61. The first-order valence-electron chi connectivity index (χ1n) is 9.91. The zero-order valence-electron chi connectivity index (χ0n) is 16.1. The van der Waals surface area contributed by atoms with Gasteiger partial charge in [0, 0.05) is 32.9 Å². The molecule has 0 radical (unpaired) electrons. The van der Waals surface area contributed by atoms with Crippen LogP contribution >= 0.6 is 0 Å². The molecular formula is C21H25N5O2. The number of aromatic nitrogens is 2. The Kier molecular flexibility index (Phi) is 5.23. The van der Waals surface area contributed by atoms with Gasteiger partial charge < -0.3 is 15.1 Å². The fraction of sp³-hybridized carbons (Fsp3) is 0.429. The normalized spacial score (nSPS) is 16.5. The van der Waals surface area contributed by atoms with Crippen LogP contribution in [0.4, 0.5) is 11.5 Å². The van der Waals surface area contributed by atoms with Gasteiger partial charge in [-0.3, -0.25) is 9.59 Å². The number of anilines is 2. The molecule has 2 aliphatic heterocycles. The average Bonchev–Trinajstić information content (AvgIpc) is 2.78. The van der Waals surface area contributed by atoms with Gasteiger partial charge in [-0.15, -0.1) is 0 Å². The highest BCUT2D eigenvalue weighted by Crippen LogP contribution is 2.32. The van der Waals surface area contributed by atoms with E-state index in [9.17, 15) is 9.59 Å². The first-order chi connectivity index (χ1) is 13.7. The van der Waals surface area contributed by atoms with Crippen molar-refractivity contribution in [2.24, 2.45) is 0 Å². The van der Waals surface area contributed by atoms with Crippen molar-refractivity contribution in [1.82, 2.24) is 20.2 Å². The Morgan fingerprint density at radius 1 is 1.00 bits per heavy atom. The molecular weight excluding hydrogens is 354 g/mol. The number of hydrogen-bond acceptors (Lipinski definition) is 5. The number of nitrogens with one attached hydrogen (secondary N) is 1. The van der Waals surface area contributed by atoms with Gasteiger partial charge in [0.2, 0.25) is 0 Å². The molecule has 7 heteroatoms. The van der Waals surface area contributed by atoms with Crippen LogP contribution in [0.25, 0.3) is 0 Å². The van der Waals surface area contributed by atoms with Crippen LogP contribution in [0.5, 0.6) is 0 Å². The zero-order chi connectivity index (χ0) is 19.5. The Morgan fingerprint density at radius 2 is 1.82 bits per heavy atom. The molecule has 0 aromatic carbocycles. The van der Waals surface area contributed by atoms with Gasteiger partial charge in [-0.25, -0.2) is 9.97 Å². The van der Waals surface area contributed by atoms with Crippen LogP contribution in [-0.2, 0) is 6.42 Å². The molecule has 4 rings (SSSR count). The second kappa shape index (κ2) is 7.96. The van der Waals surface area contributed by atoms with Crippen LogP contribution in [0.2, 0.25) is 0 Å². The predicted octanol–water partition coefficient (Wildman–Crippen LogP) is 2.55. The summed E-state index contributed by atoms with van der Waals surface area (Å²) < 4.78 is 0. The molecule has 0 bridgehead atoms. The van der Waals surface area contributed by atoms with Crippen molar-refractivity contribution < 1.29 is 9.59 Å². The monoisotopic (exact) mass is 379 g/mol. The third-order valence-electron chi connectivity index (χ3n) is 5.44. The maximum absolute atomic E-state index is 12.8. The molecule has 2 amide bonds. The molecule has 2 aliphatic rings. The number of aryl methyl sites for hydroxylation is 1. The van der Waals surface area contributed by atoms with Crippen molar-refractivity contribution >= 4 is 23.3 Å². The molecule has 2 aromatic rings. The number of nitrogens with zero attached hydrogens (tertiary/aromatic N) is 4. The second-order valence-electron chi connectivity index (χ2n) is 7.30. The van der Waals surface area contributed by atoms with Crippen LogP contribution in [0.1, 0.15) is 52.1 Å². The summed E-state index contributed by atoms with van der Waals surface area (Å²) in [6.07, 6.45) is 8.65. The summed E-state index contributed by atoms with van der Waals surface area (Å²) >= 11 is 0. The van der Waals surface area contributed by atoms with Gasteiger partial charge in [0.15, 0.2) is 0 Å². The lowest BCUT2D eigenvalue weighted by molar-refractivity contribution is 0.0723. The Morgan fingerprint density at radius 3 is 2.54 bits per heavy atom. The number of carbonyl (C=O) groups is 2. The molecule has 0 saturated carbocycles. The van der Waals surface area contributed by atoms with Crippen molar-refractivity contribution in [3.8, 4) is 0 Å². The van der Waals surface area contributed by atoms with Gasteiger partial charge in [0.25, 0.3) is 11.8 Å². The molecule has 0 atom stereocenters. The van der Waals surface area contributed by atoms with Crippen LogP contribution in [0, 0.1) is 0 Å². The molecule has 7 nitrogen and oxygen atoms in total. The third kappa shape index (κ3) is 3.56. The van der Waals surface area contributed by atoms with Gasteiger partial charge in [-0.1, -0.05) is 0 Å². The number of fused-ring (bicyclic) bond motifs is 1.